The zero-order valence-electron chi connectivity index (χ0n) is 24.1. The summed E-state index contributed by atoms with van der Waals surface area (Å²) in [6.45, 7) is 5.21. The quantitative estimate of drug-likeness (QED) is 0.214. The molecule has 1 aliphatic heterocycles. The van der Waals surface area contributed by atoms with Gasteiger partial charge < -0.3 is 31.3 Å². The molecular weight excluding hydrogens is 564 g/mol. The van der Waals surface area contributed by atoms with Gasteiger partial charge in [0.25, 0.3) is 5.91 Å². The Morgan fingerprint density at radius 1 is 0.825 bits per heavy atom. The Morgan fingerprint density at radius 2 is 1.50 bits per heavy atom. The molecule has 0 unspecified atom stereocenters. The van der Waals surface area contributed by atoms with Crippen molar-refractivity contribution in [3.63, 3.8) is 0 Å². The van der Waals surface area contributed by atoms with Gasteiger partial charge in [-0.2, -0.15) is 5.11 Å². The Kier molecular flexibility index (Phi) is 8.61. The molecule has 1 heterocycles. The van der Waals surface area contributed by atoms with E-state index in [1.165, 1.54) is 5.69 Å². The summed E-state index contributed by atoms with van der Waals surface area (Å²) in [6.07, 6.45) is 0. The molecule has 0 spiro atoms. The molecule has 5 rings (SSSR count). The van der Waals surface area contributed by atoms with E-state index in [0.717, 1.165) is 63.3 Å². The van der Waals surface area contributed by atoms with E-state index < -0.39 is 0 Å². The average Bonchev–Trinajstić information content (AvgIpc) is 3.21. The summed E-state index contributed by atoms with van der Waals surface area (Å²) in [5.74, 6) is -0.0244. The van der Waals surface area contributed by atoms with Crippen LogP contribution in [0.2, 0.25) is 0 Å². The van der Waals surface area contributed by atoms with Gasteiger partial charge in [0, 0.05) is 48.5 Å². The van der Waals surface area contributed by atoms with Crippen LogP contribution in [0.3, 0.4) is 0 Å². The van der Waals surface area contributed by atoms with Crippen molar-refractivity contribution in [1.82, 2.24) is 0 Å². The third-order valence-corrected chi connectivity index (χ3v) is 7.20. The van der Waals surface area contributed by atoms with Crippen molar-refractivity contribution < 1.29 is 26.3 Å². The molecule has 1 amide bonds. The minimum atomic E-state index is -0.0244. The highest BCUT2D eigenvalue weighted by Gasteiger charge is 2.31. The van der Waals surface area contributed by atoms with Crippen LogP contribution in [0.4, 0.5) is 34.1 Å². The predicted octanol–water partition coefficient (Wildman–Crippen LogP) is 4.15. The Hall–Kier alpha value is -3.75. The third-order valence-electron chi connectivity index (χ3n) is 7.20. The van der Waals surface area contributed by atoms with Crippen LogP contribution >= 0.6 is 0 Å². The number of nitrogens with zero attached hydrogens (tertiary/aromatic N) is 6. The van der Waals surface area contributed by atoms with Crippen molar-refractivity contribution in [2.45, 2.75) is 6.92 Å². The molecule has 8 heteroatoms. The Morgan fingerprint density at radius 3 is 2.12 bits per heavy atom. The zero-order chi connectivity index (χ0) is 27.7. The zero-order valence-corrected chi connectivity index (χ0v) is 25.7. The van der Waals surface area contributed by atoms with Crippen molar-refractivity contribution in [1.29, 1.82) is 0 Å². The highest BCUT2D eigenvalue weighted by atomic mass is 79.9. The predicted molar refractivity (Wildman–Crippen MR) is 163 cm³/mol. The Bertz CT molecular complexity index is 1520. The van der Waals surface area contributed by atoms with Gasteiger partial charge in [-0.05, 0) is 73.7 Å². The number of amides is 1. The first-order valence-corrected chi connectivity index (χ1v) is 13.4. The molecular formula is C32H37BrN6O. The number of halogens is 1. The number of anilines is 4. The van der Waals surface area contributed by atoms with E-state index in [0.29, 0.717) is 5.56 Å². The smallest absolute Gasteiger partial charge is 0.263 e. The van der Waals surface area contributed by atoms with Gasteiger partial charge in [-0.25, -0.2) is 0 Å². The van der Waals surface area contributed by atoms with Gasteiger partial charge >= 0.3 is 0 Å². The van der Waals surface area contributed by atoms with Gasteiger partial charge in [-0.3, -0.25) is 9.69 Å². The fourth-order valence-corrected chi connectivity index (χ4v) is 4.94. The Labute approximate surface area is 247 Å². The maximum absolute atomic E-state index is 13.5. The van der Waals surface area contributed by atoms with Crippen LogP contribution in [-0.2, 0) is 0 Å². The van der Waals surface area contributed by atoms with E-state index in [2.05, 4.69) is 55.3 Å². The first-order chi connectivity index (χ1) is 18.7. The molecule has 0 saturated heterocycles. The lowest BCUT2D eigenvalue weighted by molar-refractivity contribution is -0.868. The molecule has 1 aliphatic rings. The van der Waals surface area contributed by atoms with Gasteiger partial charge in [-0.15, -0.1) is 5.11 Å². The summed E-state index contributed by atoms with van der Waals surface area (Å²) in [6, 6.07) is 26.0. The average molecular weight is 602 g/mol. The minimum absolute atomic E-state index is 0. The standard InChI is InChI=1S/C32H37N6O.BrH/c1-7-36(21-22-38(4,5)6)25-13-11-23(12-14-25)33-34-29-20-19-28-31-27(29)9-8-10-30(31)37(32(28)39)26-17-15-24(16-18-26)35(2)3;/h8-20H,7,21-22H2,1-6H3;1H/q+1;/p-1/b34-33+;. The van der Waals surface area contributed by atoms with Gasteiger partial charge in [0.1, 0.15) is 0 Å². The molecule has 40 heavy (non-hydrogen) atoms. The summed E-state index contributed by atoms with van der Waals surface area (Å²) in [7, 11) is 10.7. The van der Waals surface area contributed by atoms with Gasteiger partial charge in [0.2, 0.25) is 0 Å². The largest absolute Gasteiger partial charge is 1.00 e. The second-order valence-corrected chi connectivity index (χ2v) is 11.2. The SMILES string of the molecule is CCN(CC[N+](C)(C)C)c1ccc(/N=N/c2ccc3c4c(cccc24)N(c2ccc(N(C)C)cc2)C3=O)cc1.[Br-]. The molecule has 0 atom stereocenters. The molecule has 208 valence electrons. The number of benzene rings is 4. The number of quaternary nitrogens is 1. The summed E-state index contributed by atoms with van der Waals surface area (Å²) < 4.78 is 0.934. The third kappa shape index (κ3) is 5.88. The van der Waals surface area contributed by atoms with E-state index in [4.69, 9.17) is 0 Å². The topological polar surface area (TPSA) is 51.5 Å². The molecule has 4 aromatic rings. The molecule has 0 bridgehead atoms. The monoisotopic (exact) mass is 600 g/mol. The summed E-state index contributed by atoms with van der Waals surface area (Å²) >= 11 is 0. The number of carbonyl (C=O) groups excluding carboxylic acids is 1. The first kappa shape index (κ1) is 29.2. The second kappa shape index (κ2) is 11.8. The summed E-state index contributed by atoms with van der Waals surface area (Å²) in [5.41, 5.74) is 6.23. The van der Waals surface area contributed by atoms with Crippen molar-refractivity contribution in [3.05, 3.63) is 84.4 Å². The van der Waals surface area contributed by atoms with E-state index in [1.807, 2.05) is 85.7 Å². The normalized spacial score (nSPS) is 12.8. The fraction of sp³-hybridized carbons (Fsp3) is 0.281. The first-order valence-electron chi connectivity index (χ1n) is 13.4. The fourth-order valence-electron chi connectivity index (χ4n) is 4.94. The maximum Gasteiger partial charge on any atom is 0.263 e. The van der Waals surface area contributed by atoms with E-state index in [1.54, 1.807) is 4.90 Å². The number of hydrogen-bond donors (Lipinski definition) is 0. The number of azo groups is 1. The maximum atomic E-state index is 13.5. The second-order valence-electron chi connectivity index (χ2n) is 11.2. The molecule has 0 saturated carbocycles. The van der Waals surface area contributed by atoms with Gasteiger partial charge in [0.05, 0.1) is 56.9 Å². The van der Waals surface area contributed by atoms with Crippen molar-refractivity contribution >= 4 is 50.8 Å². The van der Waals surface area contributed by atoms with E-state index >= 15 is 0 Å². The lowest BCUT2D eigenvalue weighted by atomic mass is 10.0. The number of carbonyl (C=O) groups is 1. The highest BCUT2D eigenvalue weighted by Crippen LogP contribution is 2.44. The molecule has 4 aromatic carbocycles. The molecule has 0 aliphatic carbocycles. The van der Waals surface area contributed by atoms with Crippen molar-refractivity contribution in [2.75, 3.05) is 69.6 Å². The summed E-state index contributed by atoms with van der Waals surface area (Å²) in [5, 5.41) is 11.0. The highest BCUT2D eigenvalue weighted by molar-refractivity contribution is 6.29. The molecule has 0 radical (unpaired) electrons. The Balaban J connectivity index is 0.00000370. The number of rotatable bonds is 9. The van der Waals surface area contributed by atoms with E-state index in [-0.39, 0.29) is 22.9 Å². The van der Waals surface area contributed by atoms with Crippen LogP contribution in [0.15, 0.2) is 89.1 Å². The summed E-state index contributed by atoms with van der Waals surface area (Å²) in [4.78, 5) is 19.7. The van der Waals surface area contributed by atoms with Gasteiger partial charge in [0.15, 0.2) is 0 Å². The van der Waals surface area contributed by atoms with Crippen LogP contribution in [0, 0.1) is 0 Å². The number of likely N-dealkylation sites (N-methyl/N-ethyl adjacent to an activating group) is 2. The van der Waals surface area contributed by atoms with Crippen LogP contribution in [0.25, 0.3) is 10.8 Å². The van der Waals surface area contributed by atoms with Crippen molar-refractivity contribution in [3.8, 4) is 0 Å². The molecule has 0 aromatic heterocycles. The van der Waals surface area contributed by atoms with Crippen molar-refractivity contribution in [2.24, 2.45) is 10.2 Å². The lowest BCUT2D eigenvalue weighted by Gasteiger charge is -2.29. The molecule has 0 fully saturated rings. The van der Waals surface area contributed by atoms with Crippen LogP contribution < -0.4 is 31.7 Å². The minimum Gasteiger partial charge on any atom is -1.00 e. The van der Waals surface area contributed by atoms with Crippen LogP contribution in [-0.4, -0.2) is 65.3 Å². The van der Waals surface area contributed by atoms with E-state index in [9.17, 15) is 4.79 Å². The van der Waals surface area contributed by atoms with Crippen LogP contribution in [0.1, 0.15) is 17.3 Å². The van der Waals surface area contributed by atoms with Gasteiger partial charge in [-0.1, -0.05) is 12.1 Å². The lowest BCUT2D eigenvalue weighted by Crippen LogP contribution is -3.00. The number of hydrogen-bond acceptors (Lipinski definition) is 5. The molecule has 7 nitrogen and oxygen atoms in total. The van der Waals surface area contributed by atoms with Crippen LogP contribution in [0.5, 0.6) is 0 Å². The molecule has 0 N–H and O–H groups in total.